The fourth-order valence-corrected chi connectivity index (χ4v) is 2.87. The number of nitrogens with one attached hydrogen (secondary N) is 1. The lowest BCUT2D eigenvalue weighted by atomic mass is 10.0. The van der Waals surface area contributed by atoms with E-state index in [0.29, 0.717) is 12.1 Å². The van der Waals surface area contributed by atoms with Gasteiger partial charge in [0.1, 0.15) is 18.8 Å². The summed E-state index contributed by atoms with van der Waals surface area (Å²) in [4.78, 5) is 14.7. The van der Waals surface area contributed by atoms with Crippen LogP contribution in [0.25, 0.3) is 0 Å². The fourth-order valence-electron chi connectivity index (χ4n) is 2.87. The molecule has 1 aromatic heterocycles. The number of pyridine rings is 1. The molecule has 0 saturated heterocycles. The van der Waals surface area contributed by atoms with E-state index in [4.69, 9.17) is 10.1 Å². The highest BCUT2D eigenvalue weighted by Crippen LogP contribution is 2.26. The fraction of sp³-hybridized carbons (Fsp3) is 0.400. The van der Waals surface area contributed by atoms with Crippen LogP contribution in [0.5, 0.6) is 0 Å². The number of amides is 1. The number of carbonyl (C=O) groups excluding carboxylic acids is 1. The number of halogens is 1. The zero-order valence-corrected chi connectivity index (χ0v) is 17.6. The molecule has 0 aliphatic carbocycles. The molecule has 2 rings (SSSR count). The van der Waals surface area contributed by atoms with E-state index in [0.717, 1.165) is 28.8 Å². The van der Waals surface area contributed by atoms with Crippen LogP contribution in [-0.2, 0) is 22.5 Å². The van der Waals surface area contributed by atoms with Gasteiger partial charge in [-0.25, -0.2) is 0 Å². The van der Waals surface area contributed by atoms with Gasteiger partial charge in [-0.05, 0) is 49.9 Å². The van der Waals surface area contributed by atoms with E-state index < -0.39 is 0 Å². The number of aromatic nitrogens is 1. The van der Waals surface area contributed by atoms with Gasteiger partial charge in [0.25, 0.3) is 0 Å². The summed E-state index contributed by atoms with van der Waals surface area (Å²) in [6.07, 6.45) is 2.61. The van der Waals surface area contributed by atoms with Crippen molar-refractivity contribution in [3.05, 3.63) is 58.7 Å². The van der Waals surface area contributed by atoms with Crippen LogP contribution >= 0.6 is 17.0 Å². The number of hydrogen-bond donors (Lipinski definition) is 1. The Balaban J connectivity index is 0.00000338. The summed E-state index contributed by atoms with van der Waals surface area (Å²) in [6, 6.07) is 9.80. The maximum Gasteiger partial charge on any atom is 0.248 e. The Morgan fingerprint density at radius 1 is 1.15 bits per heavy atom. The Bertz CT molecular complexity index is 802. The number of aryl methyl sites for hydroxylation is 3. The molecule has 0 fully saturated rings. The molecule has 6 heteroatoms. The molecule has 0 saturated carbocycles. The molecule has 0 atom stereocenters. The van der Waals surface area contributed by atoms with Gasteiger partial charge in [0.2, 0.25) is 5.91 Å². The van der Waals surface area contributed by atoms with E-state index in [1.807, 2.05) is 51.1 Å². The lowest BCUT2D eigenvalue weighted by Gasteiger charge is -2.27. The van der Waals surface area contributed by atoms with Gasteiger partial charge < -0.3 is 9.30 Å². The van der Waals surface area contributed by atoms with Crippen molar-refractivity contribution in [3.8, 4) is 0 Å². The first-order valence-corrected chi connectivity index (χ1v) is 8.66. The molecule has 1 aromatic carbocycles. The molecule has 0 spiro atoms. The molecule has 0 aliphatic rings. The van der Waals surface area contributed by atoms with Crippen LogP contribution in [0, 0.1) is 19.3 Å². The van der Waals surface area contributed by atoms with Crippen LogP contribution < -0.4 is 10.4 Å². The number of nitrogens with zero attached hydrogens (tertiary/aromatic N) is 2. The number of hydrogen-bond acceptors (Lipinski definition) is 3. The van der Waals surface area contributed by atoms with E-state index in [2.05, 4.69) is 6.92 Å². The molecule has 0 aliphatic heterocycles. The average Bonchev–Trinajstić information content (AvgIpc) is 2.60. The number of benzene rings is 1. The van der Waals surface area contributed by atoms with Crippen LogP contribution in [0.1, 0.15) is 30.5 Å². The third-order valence-electron chi connectivity index (χ3n) is 4.28. The Hall–Kier alpha value is -1.92. The molecule has 0 unspecified atom stereocenters. The molecule has 2 aromatic rings. The Labute approximate surface area is 165 Å². The lowest BCUT2D eigenvalue weighted by molar-refractivity contribution is -0.120. The van der Waals surface area contributed by atoms with E-state index in [-0.39, 0.29) is 36.2 Å². The number of rotatable bonds is 7. The maximum absolute atomic E-state index is 13.0. The van der Waals surface area contributed by atoms with Crippen LogP contribution in [-0.4, -0.2) is 23.8 Å². The van der Waals surface area contributed by atoms with Gasteiger partial charge in [0, 0.05) is 12.8 Å². The largest absolute Gasteiger partial charge is 0.361 e. The van der Waals surface area contributed by atoms with E-state index in [9.17, 15) is 4.79 Å². The minimum atomic E-state index is -0.0819. The average molecular weight is 422 g/mol. The second kappa shape index (κ2) is 10.3. The monoisotopic (exact) mass is 421 g/mol. The SMILES string of the molecule is Br.CCOCN(C(=O)Cn1cccc(C)c1=N)c1c(C)cccc1CC. The zero-order valence-electron chi connectivity index (χ0n) is 15.9. The molecular formula is C20H28BrN3O2. The van der Waals surface area contributed by atoms with Crippen LogP contribution in [0.15, 0.2) is 36.5 Å². The highest BCUT2D eigenvalue weighted by atomic mass is 79.9. The third kappa shape index (κ3) is 5.05. The molecule has 0 radical (unpaired) electrons. The predicted octanol–water partition coefficient (Wildman–Crippen LogP) is 3.75. The van der Waals surface area contributed by atoms with Crippen molar-refractivity contribution in [1.29, 1.82) is 5.41 Å². The number of para-hydroxylation sites is 1. The van der Waals surface area contributed by atoms with Gasteiger partial charge >= 0.3 is 0 Å². The standard InChI is InChI=1S/C20H27N3O2.BrH/c1-5-17-11-7-9-15(3)19(17)23(14-25-6-2)18(24)13-22-12-8-10-16(4)20(22)21;/h7-12,21H,5-6,13-14H2,1-4H3;1H. The van der Waals surface area contributed by atoms with Crippen molar-refractivity contribution in [1.82, 2.24) is 4.57 Å². The molecule has 142 valence electrons. The molecule has 1 heterocycles. The number of anilines is 1. The quantitative estimate of drug-likeness (QED) is 0.691. The van der Waals surface area contributed by atoms with Crippen molar-refractivity contribution >= 4 is 28.6 Å². The van der Waals surface area contributed by atoms with Crippen LogP contribution in [0.4, 0.5) is 5.69 Å². The van der Waals surface area contributed by atoms with Gasteiger partial charge in [0.15, 0.2) is 0 Å². The second-order valence-corrected chi connectivity index (χ2v) is 6.05. The third-order valence-corrected chi connectivity index (χ3v) is 4.28. The summed E-state index contributed by atoms with van der Waals surface area (Å²) in [5.41, 5.74) is 4.29. The highest BCUT2D eigenvalue weighted by molar-refractivity contribution is 8.93. The smallest absolute Gasteiger partial charge is 0.248 e. The first-order chi connectivity index (χ1) is 12.0. The Morgan fingerprint density at radius 3 is 2.50 bits per heavy atom. The maximum atomic E-state index is 13.0. The minimum Gasteiger partial charge on any atom is -0.361 e. The molecule has 5 nitrogen and oxygen atoms in total. The second-order valence-electron chi connectivity index (χ2n) is 6.05. The zero-order chi connectivity index (χ0) is 18.4. The van der Waals surface area contributed by atoms with Gasteiger partial charge in [-0.2, -0.15) is 0 Å². The van der Waals surface area contributed by atoms with Crippen molar-refractivity contribution in [3.63, 3.8) is 0 Å². The summed E-state index contributed by atoms with van der Waals surface area (Å²) in [6.45, 7) is 8.75. The van der Waals surface area contributed by atoms with Crippen molar-refractivity contribution < 1.29 is 9.53 Å². The van der Waals surface area contributed by atoms with E-state index >= 15 is 0 Å². The summed E-state index contributed by atoms with van der Waals surface area (Å²) in [7, 11) is 0. The summed E-state index contributed by atoms with van der Waals surface area (Å²) >= 11 is 0. The summed E-state index contributed by atoms with van der Waals surface area (Å²) < 4.78 is 7.23. The highest BCUT2D eigenvalue weighted by Gasteiger charge is 2.20. The lowest BCUT2D eigenvalue weighted by Crippen LogP contribution is -2.39. The van der Waals surface area contributed by atoms with Gasteiger partial charge in [-0.1, -0.05) is 31.2 Å². The van der Waals surface area contributed by atoms with E-state index in [1.54, 1.807) is 15.7 Å². The minimum absolute atomic E-state index is 0. The molecule has 1 amide bonds. The van der Waals surface area contributed by atoms with Crippen LogP contribution in [0.3, 0.4) is 0 Å². The van der Waals surface area contributed by atoms with Gasteiger partial charge in [-0.15, -0.1) is 17.0 Å². The van der Waals surface area contributed by atoms with Crippen molar-refractivity contribution in [2.24, 2.45) is 0 Å². The molecule has 1 N–H and O–H groups in total. The Morgan fingerprint density at radius 2 is 1.85 bits per heavy atom. The van der Waals surface area contributed by atoms with Gasteiger partial charge in [0.05, 0.1) is 5.69 Å². The normalized spacial score (nSPS) is 10.3. The molecular weight excluding hydrogens is 394 g/mol. The Kier molecular flexibility index (Phi) is 8.75. The van der Waals surface area contributed by atoms with Crippen molar-refractivity contribution in [2.45, 2.75) is 40.7 Å². The van der Waals surface area contributed by atoms with Crippen LogP contribution in [0.2, 0.25) is 0 Å². The predicted molar refractivity (Wildman–Crippen MR) is 110 cm³/mol. The van der Waals surface area contributed by atoms with Gasteiger partial charge in [-0.3, -0.25) is 15.1 Å². The summed E-state index contributed by atoms with van der Waals surface area (Å²) in [5.74, 6) is -0.0819. The topological polar surface area (TPSA) is 58.3 Å². The van der Waals surface area contributed by atoms with Crippen molar-refractivity contribution in [2.75, 3.05) is 18.2 Å². The molecule has 26 heavy (non-hydrogen) atoms. The van der Waals surface area contributed by atoms with E-state index in [1.165, 1.54) is 0 Å². The summed E-state index contributed by atoms with van der Waals surface area (Å²) in [5, 5.41) is 8.15. The number of carbonyl (C=O) groups is 1. The molecule has 0 bridgehead atoms. The number of ether oxygens (including phenoxy) is 1. The first kappa shape index (κ1) is 22.1. The first-order valence-electron chi connectivity index (χ1n) is 8.66.